The van der Waals surface area contributed by atoms with Gasteiger partial charge in [0.2, 0.25) is 0 Å². The number of carbonyl (C=O) groups excluding carboxylic acids is 2. The molecule has 1 aliphatic heterocycles. The molecule has 4 rings (SSSR count). The zero-order valence-electron chi connectivity index (χ0n) is 18.1. The van der Waals surface area contributed by atoms with E-state index >= 15 is 0 Å². The number of benzene rings is 2. The van der Waals surface area contributed by atoms with Crippen LogP contribution in [0, 0.1) is 0 Å². The molecule has 32 heavy (non-hydrogen) atoms. The zero-order valence-corrected chi connectivity index (χ0v) is 18.1. The molecule has 0 fully saturated rings. The molecule has 3 aromatic rings. The average Bonchev–Trinajstić information content (AvgIpc) is 3.40. The maximum Gasteiger partial charge on any atom is 0.338 e. The van der Waals surface area contributed by atoms with Gasteiger partial charge >= 0.3 is 5.97 Å². The molecule has 2 heterocycles. The van der Waals surface area contributed by atoms with Crippen LogP contribution in [0.3, 0.4) is 0 Å². The van der Waals surface area contributed by atoms with Crippen molar-refractivity contribution < 1.29 is 18.7 Å². The number of carbonyl (C=O) groups is 2. The van der Waals surface area contributed by atoms with Gasteiger partial charge in [0, 0.05) is 5.56 Å². The minimum atomic E-state index is -0.327. The molecule has 162 valence electrons. The molecule has 0 spiro atoms. The number of para-hydroxylation sites is 1. The van der Waals surface area contributed by atoms with Gasteiger partial charge in [-0.3, -0.25) is 4.79 Å². The minimum absolute atomic E-state index is 0.197. The lowest BCUT2D eigenvalue weighted by atomic mass is 10.1. The van der Waals surface area contributed by atoms with E-state index in [2.05, 4.69) is 5.10 Å². The van der Waals surface area contributed by atoms with E-state index in [1.165, 1.54) is 5.01 Å². The van der Waals surface area contributed by atoms with Crippen LogP contribution in [0.15, 0.2) is 81.8 Å². The molecule has 0 radical (unpaired) electrons. The number of furan rings is 1. The Morgan fingerprint density at radius 1 is 1.06 bits per heavy atom. The number of amides is 1. The summed E-state index contributed by atoms with van der Waals surface area (Å²) < 4.78 is 11.2. The fourth-order valence-corrected chi connectivity index (χ4v) is 3.32. The van der Waals surface area contributed by atoms with Gasteiger partial charge in [0.25, 0.3) is 5.91 Å². The summed E-state index contributed by atoms with van der Waals surface area (Å²) in [6.45, 7) is 4.28. The number of hydrogen-bond donors (Lipinski definition) is 0. The third-order valence-corrected chi connectivity index (χ3v) is 5.11. The Morgan fingerprint density at radius 2 is 1.81 bits per heavy atom. The van der Waals surface area contributed by atoms with E-state index in [1.54, 1.807) is 31.2 Å². The average molecular weight is 428 g/mol. The number of hydrogen-bond acceptors (Lipinski definition) is 5. The first-order valence-electron chi connectivity index (χ1n) is 10.6. The van der Waals surface area contributed by atoms with Crippen molar-refractivity contribution in [1.29, 1.82) is 0 Å². The number of ether oxygens (including phenoxy) is 1. The van der Waals surface area contributed by atoms with Crippen LogP contribution in [-0.4, -0.2) is 24.2 Å². The topological polar surface area (TPSA) is 72.1 Å². The van der Waals surface area contributed by atoms with Crippen LogP contribution in [0.25, 0.3) is 17.4 Å². The molecular weight excluding hydrogens is 404 g/mol. The highest BCUT2D eigenvalue weighted by atomic mass is 16.5. The Kier molecular flexibility index (Phi) is 6.31. The number of anilines is 1. The first-order valence-corrected chi connectivity index (χ1v) is 10.6. The molecule has 0 aliphatic carbocycles. The van der Waals surface area contributed by atoms with Crippen molar-refractivity contribution in [3.05, 3.63) is 83.6 Å². The molecular formula is C26H24N2O4. The first kappa shape index (κ1) is 21.3. The quantitative estimate of drug-likeness (QED) is 0.274. The van der Waals surface area contributed by atoms with Gasteiger partial charge in [-0.25, -0.2) is 4.79 Å². The van der Waals surface area contributed by atoms with Gasteiger partial charge < -0.3 is 9.15 Å². The number of rotatable bonds is 7. The molecule has 0 bridgehead atoms. The summed E-state index contributed by atoms with van der Waals surface area (Å²) in [5.74, 6) is 0.670. The van der Waals surface area contributed by atoms with Gasteiger partial charge in [-0.1, -0.05) is 43.7 Å². The van der Waals surface area contributed by atoms with Crippen molar-refractivity contribution in [1.82, 2.24) is 0 Å². The summed E-state index contributed by atoms with van der Waals surface area (Å²) in [5, 5.41) is 5.77. The van der Waals surface area contributed by atoms with E-state index < -0.39 is 0 Å². The van der Waals surface area contributed by atoms with E-state index in [1.807, 2.05) is 55.5 Å². The van der Waals surface area contributed by atoms with Crippen molar-refractivity contribution in [2.45, 2.75) is 26.7 Å². The molecule has 6 nitrogen and oxygen atoms in total. The highest BCUT2D eigenvalue weighted by Crippen LogP contribution is 2.27. The van der Waals surface area contributed by atoms with Gasteiger partial charge in [0.15, 0.2) is 0 Å². The SMILES string of the molecule is CCCCOC(=O)c1ccc(-c2ccc(/C=C3/C(=O)N(c4ccccc4)N=C3C)o2)cc1. The summed E-state index contributed by atoms with van der Waals surface area (Å²) in [4.78, 5) is 24.9. The third-order valence-electron chi connectivity index (χ3n) is 5.11. The van der Waals surface area contributed by atoms with Gasteiger partial charge in [-0.15, -0.1) is 0 Å². The van der Waals surface area contributed by atoms with Gasteiger partial charge in [-0.2, -0.15) is 10.1 Å². The lowest BCUT2D eigenvalue weighted by Gasteiger charge is -2.10. The van der Waals surface area contributed by atoms with Crippen LogP contribution in [0.4, 0.5) is 5.69 Å². The molecule has 1 amide bonds. The summed E-state index contributed by atoms with van der Waals surface area (Å²) in [6.07, 6.45) is 3.53. The van der Waals surface area contributed by atoms with Gasteiger partial charge in [0.1, 0.15) is 11.5 Å². The maximum atomic E-state index is 12.9. The Balaban J connectivity index is 1.48. The lowest BCUT2D eigenvalue weighted by molar-refractivity contribution is -0.114. The third kappa shape index (κ3) is 4.54. The Hall–Kier alpha value is -3.93. The molecule has 1 aliphatic rings. The van der Waals surface area contributed by atoms with Crippen molar-refractivity contribution in [2.24, 2.45) is 5.10 Å². The fraction of sp³-hybridized carbons (Fsp3) is 0.192. The minimum Gasteiger partial charge on any atom is -0.462 e. The Labute approximate surface area is 186 Å². The highest BCUT2D eigenvalue weighted by Gasteiger charge is 2.28. The normalized spacial score (nSPS) is 14.7. The van der Waals surface area contributed by atoms with E-state index in [-0.39, 0.29) is 11.9 Å². The molecule has 0 N–H and O–H groups in total. The van der Waals surface area contributed by atoms with Gasteiger partial charge in [-0.05, 0) is 55.8 Å². The Bertz CT molecular complexity index is 1170. The van der Waals surface area contributed by atoms with Crippen LogP contribution < -0.4 is 5.01 Å². The molecule has 0 saturated heterocycles. The van der Waals surface area contributed by atoms with Crippen LogP contribution in [0.5, 0.6) is 0 Å². The van der Waals surface area contributed by atoms with Crippen LogP contribution in [-0.2, 0) is 9.53 Å². The molecule has 1 aromatic heterocycles. The summed E-state index contributed by atoms with van der Waals surface area (Å²) in [6, 6.07) is 20.0. The second kappa shape index (κ2) is 9.47. The summed E-state index contributed by atoms with van der Waals surface area (Å²) >= 11 is 0. The first-order chi connectivity index (χ1) is 15.6. The van der Waals surface area contributed by atoms with E-state index in [0.717, 1.165) is 18.4 Å². The van der Waals surface area contributed by atoms with Gasteiger partial charge in [0.05, 0.1) is 29.1 Å². The predicted octanol–water partition coefficient (Wildman–Crippen LogP) is 5.71. The van der Waals surface area contributed by atoms with E-state index in [0.29, 0.717) is 40.7 Å². The number of nitrogens with zero attached hydrogens (tertiary/aromatic N) is 2. The molecule has 0 saturated carbocycles. The fourth-order valence-electron chi connectivity index (χ4n) is 3.32. The van der Waals surface area contributed by atoms with Crippen LogP contribution in [0.1, 0.15) is 42.8 Å². The smallest absolute Gasteiger partial charge is 0.338 e. The number of hydrazone groups is 1. The molecule has 0 unspecified atom stereocenters. The molecule has 6 heteroatoms. The number of esters is 1. The second-order valence-corrected chi connectivity index (χ2v) is 7.46. The molecule has 2 aromatic carbocycles. The summed E-state index contributed by atoms with van der Waals surface area (Å²) in [5.41, 5.74) is 3.16. The second-order valence-electron chi connectivity index (χ2n) is 7.46. The molecule has 0 atom stereocenters. The van der Waals surface area contributed by atoms with Crippen LogP contribution >= 0.6 is 0 Å². The monoisotopic (exact) mass is 428 g/mol. The highest BCUT2D eigenvalue weighted by molar-refractivity contribution is 6.32. The predicted molar refractivity (Wildman–Crippen MR) is 124 cm³/mol. The maximum absolute atomic E-state index is 12.9. The zero-order chi connectivity index (χ0) is 22.5. The summed E-state index contributed by atoms with van der Waals surface area (Å²) in [7, 11) is 0. The largest absolute Gasteiger partial charge is 0.462 e. The van der Waals surface area contributed by atoms with Crippen molar-refractivity contribution in [3.8, 4) is 11.3 Å². The van der Waals surface area contributed by atoms with Crippen molar-refractivity contribution in [3.63, 3.8) is 0 Å². The van der Waals surface area contributed by atoms with E-state index in [9.17, 15) is 9.59 Å². The van der Waals surface area contributed by atoms with Crippen molar-refractivity contribution >= 4 is 29.4 Å². The number of unbranched alkanes of at least 4 members (excludes halogenated alkanes) is 1. The van der Waals surface area contributed by atoms with Crippen molar-refractivity contribution in [2.75, 3.05) is 11.6 Å². The van der Waals surface area contributed by atoms with Crippen LogP contribution in [0.2, 0.25) is 0 Å². The van der Waals surface area contributed by atoms with E-state index in [4.69, 9.17) is 9.15 Å². The standard InChI is InChI=1S/C26H24N2O4/c1-3-4-16-31-26(30)20-12-10-19(11-13-20)24-15-14-22(32-24)17-23-18(2)27-28(25(23)29)21-8-6-5-7-9-21/h5-15,17H,3-4,16H2,1-2H3/b23-17+. The Morgan fingerprint density at radius 3 is 2.53 bits per heavy atom. The lowest BCUT2D eigenvalue weighted by Crippen LogP contribution is -2.21.